The first-order valence-electron chi connectivity index (χ1n) is 4.22. The van der Waals surface area contributed by atoms with Gasteiger partial charge in [-0.3, -0.25) is 0 Å². The zero-order valence-electron chi connectivity index (χ0n) is 8.08. The van der Waals surface area contributed by atoms with E-state index in [2.05, 4.69) is 15.3 Å². The van der Waals surface area contributed by atoms with Gasteiger partial charge in [0.15, 0.2) is 5.82 Å². The molecule has 0 bridgehead atoms. The van der Waals surface area contributed by atoms with Crippen molar-refractivity contribution in [1.29, 1.82) is 0 Å². The van der Waals surface area contributed by atoms with Crippen molar-refractivity contribution in [3.05, 3.63) is 11.0 Å². The van der Waals surface area contributed by atoms with E-state index in [-0.39, 0.29) is 5.28 Å². The Balaban J connectivity index is 2.85. The second kappa shape index (κ2) is 4.43. The van der Waals surface area contributed by atoms with E-state index in [1.165, 1.54) is 0 Å². The number of nitrogen functional groups attached to an aromatic ring is 1. The van der Waals surface area contributed by atoms with Gasteiger partial charge in [-0.05, 0) is 25.4 Å². The number of aliphatic hydroxyl groups is 1. The summed E-state index contributed by atoms with van der Waals surface area (Å²) in [5.41, 5.74) is 6.79. The van der Waals surface area contributed by atoms with Gasteiger partial charge in [-0.15, -0.1) is 0 Å². The quantitative estimate of drug-likeness (QED) is 0.652. The Morgan fingerprint density at radius 1 is 1.57 bits per heavy atom. The summed E-state index contributed by atoms with van der Waals surface area (Å²) in [4.78, 5) is 7.80. The van der Waals surface area contributed by atoms with Gasteiger partial charge in [-0.25, -0.2) is 4.98 Å². The smallest absolute Gasteiger partial charge is 0.224 e. The molecule has 0 aliphatic heterocycles. The van der Waals surface area contributed by atoms with Crippen LogP contribution in [0.3, 0.4) is 0 Å². The number of aromatic nitrogens is 2. The molecule has 0 saturated carbocycles. The molecule has 1 heterocycles. The molecule has 0 aromatic carbocycles. The average Bonchev–Trinajstić information content (AvgIpc) is 2.08. The van der Waals surface area contributed by atoms with Crippen molar-refractivity contribution < 1.29 is 5.11 Å². The lowest BCUT2D eigenvalue weighted by Crippen LogP contribution is -2.17. The summed E-state index contributed by atoms with van der Waals surface area (Å²) in [5, 5.41) is 12.1. The highest BCUT2D eigenvalue weighted by Crippen LogP contribution is 2.20. The Morgan fingerprint density at radius 3 is 2.79 bits per heavy atom. The predicted molar refractivity (Wildman–Crippen MR) is 56.4 cm³/mol. The van der Waals surface area contributed by atoms with E-state index in [9.17, 15) is 0 Å². The number of hydrogen-bond donors (Lipinski definition) is 3. The standard InChI is InChI=1S/C8H13ClN4O/c1-4(14)3-11-7-6(10)5(2)12-8(9)13-7/h4,14H,3,10H2,1-2H3,(H,11,12,13). The second-order valence-electron chi connectivity index (χ2n) is 3.07. The van der Waals surface area contributed by atoms with Crippen molar-refractivity contribution in [2.24, 2.45) is 0 Å². The number of nitrogens with two attached hydrogens (primary N) is 1. The minimum Gasteiger partial charge on any atom is -0.394 e. The number of nitrogens with zero attached hydrogens (tertiary/aromatic N) is 2. The largest absolute Gasteiger partial charge is 0.394 e. The lowest BCUT2D eigenvalue weighted by molar-refractivity contribution is 0.208. The summed E-state index contributed by atoms with van der Waals surface area (Å²) in [6, 6.07) is 0. The third-order valence-corrected chi connectivity index (χ3v) is 1.84. The fourth-order valence-corrected chi connectivity index (χ4v) is 1.14. The van der Waals surface area contributed by atoms with Crippen LogP contribution in [0.5, 0.6) is 0 Å². The van der Waals surface area contributed by atoms with Crippen LogP contribution in [0.1, 0.15) is 12.6 Å². The van der Waals surface area contributed by atoms with Gasteiger partial charge in [-0.1, -0.05) is 0 Å². The molecule has 0 fully saturated rings. The minimum absolute atomic E-state index is 0.143. The van der Waals surface area contributed by atoms with Crippen molar-refractivity contribution >= 4 is 23.1 Å². The molecule has 0 aliphatic carbocycles. The predicted octanol–water partition coefficient (Wildman–Crippen LogP) is 0.813. The van der Waals surface area contributed by atoms with E-state index in [1.807, 2.05) is 0 Å². The van der Waals surface area contributed by atoms with Gasteiger partial charge in [0.05, 0.1) is 17.5 Å². The molecule has 0 saturated heterocycles. The van der Waals surface area contributed by atoms with Gasteiger partial charge in [0.1, 0.15) is 0 Å². The maximum Gasteiger partial charge on any atom is 0.224 e. The van der Waals surface area contributed by atoms with E-state index >= 15 is 0 Å². The van der Waals surface area contributed by atoms with E-state index in [0.29, 0.717) is 23.7 Å². The maximum absolute atomic E-state index is 9.06. The maximum atomic E-state index is 9.06. The van der Waals surface area contributed by atoms with Crippen molar-refractivity contribution in [2.45, 2.75) is 20.0 Å². The minimum atomic E-state index is -0.469. The first-order chi connectivity index (χ1) is 6.50. The van der Waals surface area contributed by atoms with Gasteiger partial charge in [0, 0.05) is 6.54 Å². The zero-order valence-corrected chi connectivity index (χ0v) is 8.84. The number of halogens is 1. The Morgan fingerprint density at radius 2 is 2.21 bits per heavy atom. The number of rotatable bonds is 3. The van der Waals surface area contributed by atoms with Crippen LogP contribution in [0.2, 0.25) is 5.28 Å². The van der Waals surface area contributed by atoms with Crippen LogP contribution in [-0.4, -0.2) is 27.7 Å². The summed E-state index contributed by atoms with van der Waals surface area (Å²) in [6.45, 7) is 3.78. The Hall–Kier alpha value is -1.07. The highest BCUT2D eigenvalue weighted by Gasteiger charge is 2.07. The van der Waals surface area contributed by atoms with Crippen LogP contribution in [0, 0.1) is 6.92 Å². The Bertz CT molecular complexity index is 329. The summed E-state index contributed by atoms with van der Waals surface area (Å²) < 4.78 is 0. The van der Waals surface area contributed by atoms with Gasteiger partial charge >= 0.3 is 0 Å². The molecule has 6 heteroatoms. The fraction of sp³-hybridized carbons (Fsp3) is 0.500. The lowest BCUT2D eigenvalue weighted by Gasteiger charge is -2.11. The number of anilines is 2. The van der Waals surface area contributed by atoms with E-state index in [1.54, 1.807) is 13.8 Å². The van der Waals surface area contributed by atoms with Gasteiger partial charge < -0.3 is 16.2 Å². The highest BCUT2D eigenvalue weighted by molar-refractivity contribution is 6.28. The number of aryl methyl sites for hydroxylation is 1. The topological polar surface area (TPSA) is 84.1 Å². The number of hydrogen-bond acceptors (Lipinski definition) is 5. The van der Waals surface area contributed by atoms with Crippen molar-refractivity contribution in [1.82, 2.24) is 9.97 Å². The fourth-order valence-electron chi connectivity index (χ4n) is 0.927. The van der Waals surface area contributed by atoms with Crippen LogP contribution in [0.25, 0.3) is 0 Å². The summed E-state index contributed by atoms with van der Waals surface area (Å²) in [7, 11) is 0. The highest BCUT2D eigenvalue weighted by atomic mass is 35.5. The van der Waals surface area contributed by atoms with Crippen molar-refractivity contribution in [3.8, 4) is 0 Å². The zero-order chi connectivity index (χ0) is 10.7. The van der Waals surface area contributed by atoms with Crippen LogP contribution >= 0.6 is 11.6 Å². The number of nitrogens with one attached hydrogen (secondary N) is 1. The molecule has 14 heavy (non-hydrogen) atoms. The van der Waals surface area contributed by atoms with E-state index < -0.39 is 6.10 Å². The van der Waals surface area contributed by atoms with Crippen LogP contribution < -0.4 is 11.1 Å². The lowest BCUT2D eigenvalue weighted by atomic mass is 10.3. The van der Waals surface area contributed by atoms with Gasteiger partial charge in [0.25, 0.3) is 0 Å². The van der Waals surface area contributed by atoms with E-state index in [0.717, 1.165) is 0 Å². The molecule has 0 aliphatic rings. The van der Waals surface area contributed by atoms with Crippen LogP contribution in [0.15, 0.2) is 0 Å². The molecule has 1 rings (SSSR count). The summed E-state index contributed by atoms with van der Waals surface area (Å²) in [5.74, 6) is 0.461. The number of aliphatic hydroxyl groups excluding tert-OH is 1. The molecule has 5 nitrogen and oxygen atoms in total. The monoisotopic (exact) mass is 216 g/mol. The molecule has 4 N–H and O–H groups in total. The molecule has 1 aromatic heterocycles. The molecule has 78 valence electrons. The normalized spacial score (nSPS) is 12.6. The average molecular weight is 217 g/mol. The van der Waals surface area contributed by atoms with Crippen molar-refractivity contribution in [2.75, 3.05) is 17.6 Å². The molecular formula is C8H13ClN4O. The first kappa shape index (κ1) is 11.0. The molecular weight excluding hydrogens is 204 g/mol. The third-order valence-electron chi connectivity index (χ3n) is 1.67. The van der Waals surface area contributed by atoms with Crippen LogP contribution in [0.4, 0.5) is 11.5 Å². The second-order valence-corrected chi connectivity index (χ2v) is 3.41. The van der Waals surface area contributed by atoms with Gasteiger partial charge in [-0.2, -0.15) is 4.98 Å². The first-order valence-corrected chi connectivity index (χ1v) is 4.60. The van der Waals surface area contributed by atoms with Gasteiger partial charge in [0.2, 0.25) is 5.28 Å². The molecule has 1 atom stereocenters. The molecule has 1 aromatic rings. The van der Waals surface area contributed by atoms with Crippen LogP contribution in [-0.2, 0) is 0 Å². The SMILES string of the molecule is Cc1nc(Cl)nc(NCC(C)O)c1N. The molecule has 0 amide bonds. The van der Waals surface area contributed by atoms with Crippen molar-refractivity contribution in [3.63, 3.8) is 0 Å². The summed E-state index contributed by atoms with van der Waals surface area (Å²) in [6.07, 6.45) is -0.469. The Labute approximate surface area is 87.3 Å². The third kappa shape index (κ3) is 2.71. The van der Waals surface area contributed by atoms with E-state index in [4.69, 9.17) is 22.4 Å². The molecule has 0 spiro atoms. The molecule has 0 radical (unpaired) electrons. The molecule has 1 unspecified atom stereocenters. The summed E-state index contributed by atoms with van der Waals surface area (Å²) >= 11 is 5.66. The Kier molecular flexibility index (Phi) is 3.49.